The monoisotopic (exact) mass is 343 g/mol. The minimum atomic E-state index is -1.28. The summed E-state index contributed by atoms with van der Waals surface area (Å²) in [6.45, 7) is 6.05. The molecule has 0 radical (unpaired) electrons. The summed E-state index contributed by atoms with van der Waals surface area (Å²) in [5, 5.41) is 0. The zero-order valence-electron chi connectivity index (χ0n) is 13.7. The van der Waals surface area contributed by atoms with Gasteiger partial charge in [0, 0.05) is 6.04 Å². The third kappa shape index (κ3) is 3.86. The van der Waals surface area contributed by atoms with E-state index in [-0.39, 0.29) is 12.8 Å². The Kier molecular flexibility index (Phi) is 5.33. The van der Waals surface area contributed by atoms with Crippen molar-refractivity contribution in [3.8, 4) is 11.5 Å². The Balaban J connectivity index is 1.79. The van der Waals surface area contributed by atoms with E-state index in [1.165, 1.54) is 0 Å². The summed E-state index contributed by atoms with van der Waals surface area (Å²) in [6, 6.07) is 13.5. The van der Waals surface area contributed by atoms with Gasteiger partial charge in [-0.25, -0.2) is 8.93 Å². The van der Waals surface area contributed by atoms with E-state index in [9.17, 15) is 4.21 Å². The third-order valence-corrected chi connectivity index (χ3v) is 5.14. The number of fused-ring (bicyclic) bond motifs is 1. The number of ether oxygens (including phenoxy) is 2. The summed E-state index contributed by atoms with van der Waals surface area (Å²) in [5.74, 6) is 1.49. The number of benzene rings is 2. The van der Waals surface area contributed by atoms with Gasteiger partial charge in [-0.1, -0.05) is 29.8 Å². The first-order chi connectivity index (χ1) is 11.7. The van der Waals surface area contributed by atoms with Gasteiger partial charge >= 0.3 is 0 Å². The maximum atomic E-state index is 12.7. The van der Waals surface area contributed by atoms with Crippen molar-refractivity contribution in [2.24, 2.45) is 0 Å². The number of aryl methyl sites for hydroxylation is 1. The van der Waals surface area contributed by atoms with Crippen molar-refractivity contribution >= 4 is 11.0 Å². The van der Waals surface area contributed by atoms with E-state index in [2.05, 4.69) is 11.3 Å². The Morgan fingerprint density at radius 1 is 1.21 bits per heavy atom. The lowest BCUT2D eigenvalue weighted by atomic mass is 10.0. The van der Waals surface area contributed by atoms with Crippen LogP contribution in [-0.4, -0.2) is 11.0 Å². The van der Waals surface area contributed by atoms with Gasteiger partial charge in [-0.3, -0.25) is 0 Å². The van der Waals surface area contributed by atoms with E-state index in [4.69, 9.17) is 9.47 Å². The molecule has 4 nitrogen and oxygen atoms in total. The van der Waals surface area contributed by atoms with E-state index in [0.29, 0.717) is 0 Å². The molecule has 126 valence electrons. The summed E-state index contributed by atoms with van der Waals surface area (Å²) in [5.41, 5.74) is 2.18. The summed E-state index contributed by atoms with van der Waals surface area (Å²) < 4.78 is 26.7. The van der Waals surface area contributed by atoms with Crippen molar-refractivity contribution in [3.05, 3.63) is 66.2 Å². The van der Waals surface area contributed by atoms with Crippen LogP contribution in [0.2, 0.25) is 0 Å². The van der Waals surface area contributed by atoms with Gasteiger partial charge in [0.2, 0.25) is 6.79 Å². The fourth-order valence-electron chi connectivity index (χ4n) is 2.57. The van der Waals surface area contributed by atoms with Gasteiger partial charge in [-0.15, -0.1) is 6.58 Å². The van der Waals surface area contributed by atoms with Crippen LogP contribution in [-0.2, 0) is 11.0 Å². The molecule has 0 aromatic heterocycles. The van der Waals surface area contributed by atoms with E-state index in [1.54, 1.807) is 0 Å². The molecule has 1 aliphatic rings. The van der Waals surface area contributed by atoms with Crippen LogP contribution in [0, 0.1) is 6.92 Å². The van der Waals surface area contributed by atoms with Gasteiger partial charge in [0.15, 0.2) is 11.5 Å². The average Bonchev–Trinajstić information content (AvgIpc) is 3.06. The lowest BCUT2D eigenvalue weighted by molar-refractivity contribution is 0.174. The van der Waals surface area contributed by atoms with Gasteiger partial charge < -0.3 is 9.47 Å². The highest BCUT2D eigenvalue weighted by atomic mass is 32.2. The number of allylic oxidation sites excluding steroid dienone is 1. The lowest BCUT2D eigenvalue weighted by Crippen LogP contribution is -2.23. The third-order valence-electron chi connectivity index (χ3n) is 3.94. The molecule has 24 heavy (non-hydrogen) atoms. The highest BCUT2D eigenvalue weighted by molar-refractivity contribution is 7.83. The summed E-state index contributed by atoms with van der Waals surface area (Å²) in [7, 11) is -1.28. The van der Waals surface area contributed by atoms with Gasteiger partial charge in [0.05, 0.1) is 4.90 Å². The smallest absolute Gasteiger partial charge is 0.231 e. The molecule has 1 unspecified atom stereocenters. The Labute approximate surface area is 145 Å². The van der Waals surface area contributed by atoms with Crippen LogP contribution >= 0.6 is 0 Å². The molecule has 0 spiro atoms. The Morgan fingerprint density at radius 2 is 1.96 bits per heavy atom. The number of hydrogen-bond donors (Lipinski definition) is 1. The zero-order valence-corrected chi connectivity index (χ0v) is 14.5. The molecule has 3 rings (SSSR count). The summed E-state index contributed by atoms with van der Waals surface area (Å²) in [6.07, 6.45) is 3.51. The van der Waals surface area contributed by atoms with Crippen molar-refractivity contribution < 1.29 is 13.7 Å². The van der Waals surface area contributed by atoms with Crippen LogP contribution in [0.1, 0.15) is 30.0 Å². The number of nitrogens with one attached hydrogen (secondary N) is 1. The molecule has 0 amide bonds. The first-order valence-electron chi connectivity index (χ1n) is 7.92. The number of rotatable bonds is 7. The standard InChI is InChI=1S/C19H21NO3S/c1-3-4-5-17(15-8-11-18-19(12-15)23-13-22-18)20-24(21)16-9-6-14(2)7-10-16/h3,6-12,17,20H,1,4-5,13H2,2H3/t17-,24?/m1/s1. The van der Waals surface area contributed by atoms with Crippen molar-refractivity contribution in [2.45, 2.75) is 30.7 Å². The lowest BCUT2D eigenvalue weighted by Gasteiger charge is -2.18. The van der Waals surface area contributed by atoms with Crippen molar-refractivity contribution in [1.29, 1.82) is 0 Å². The van der Waals surface area contributed by atoms with Crippen LogP contribution in [0.25, 0.3) is 0 Å². The van der Waals surface area contributed by atoms with Gasteiger partial charge in [-0.2, -0.15) is 0 Å². The quantitative estimate of drug-likeness (QED) is 0.772. The molecule has 5 heteroatoms. The van der Waals surface area contributed by atoms with E-state index < -0.39 is 11.0 Å². The molecule has 1 aliphatic heterocycles. The molecule has 0 saturated heterocycles. The minimum Gasteiger partial charge on any atom is -0.454 e. The van der Waals surface area contributed by atoms with Gasteiger partial charge in [0.1, 0.15) is 11.0 Å². The van der Waals surface area contributed by atoms with Crippen LogP contribution < -0.4 is 14.2 Å². The van der Waals surface area contributed by atoms with Crippen LogP contribution in [0.3, 0.4) is 0 Å². The fraction of sp³-hybridized carbons (Fsp3) is 0.263. The SMILES string of the molecule is C=CCC[C@@H](NS(=O)c1ccc(C)cc1)c1ccc2c(c1)OCO2. The van der Waals surface area contributed by atoms with Crippen LogP contribution in [0.4, 0.5) is 0 Å². The van der Waals surface area contributed by atoms with E-state index >= 15 is 0 Å². The second kappa shape index (κ2) is 7.64. The summed E-state index contributed by atoms with van der Waals surface area (Å²) >= 11 is 0. The molecular weight excluding hydrogens is 322 g/mol. The maximum absolute atomic E-state index is 12.7. The fourth-order valence-corrected chi connectivity index (χ4v) is 3.60. The van der Waals surface area contributed by atoms with Crippen molar-refractivity contribution in [3.63, 3.8) is 0 Å². The van der Waals surface area contributed by atoms with Gasteiger partial charge in [0.25, 0.3) is 0 Å². The average molecular weight is 343 g/mol. The first-order valence-corrected chi connectivity index (χ1v) is 9.07. The Hall–Kier alpha value is -2.11. The first kappa shape index (κ1) is 16.7. The van der Waals surface area contributed by atoms with Crippen LogP contribution in [0.5, 0.6) is 11.5 Å². The predicted octanol–water partition coefficient (Wildman–Crippen LogP) is 4.04. The van der Waals surface area contributed by atoms with Crippen LogP contribution in [0.15, 0.2) is 60.0 Å². The maximum Gasteiger partial charge on any atom is 0.231 e. The topological polar surface area (TPSA) is 47.6 Å². The molecular formula is C19H21NO3S. The molecule has 0 bridgehead atoms. The molecule has 2 aromatic rings. The minimum absolute atomic E-state index is 0.0559. The van der Waals surface area contributed by atoms with Crippen molar-refractivity contribution in [2.75, 3.05) is 6.79 Å². The predicted molar refractivity (Wildman–Crippen MR) is 95.5 cm³/mol. The molecule has 0 aliphatic carbocycles. The van der Waals surface area contributed by atoms with E-state index in [0.717, 1.165) is 40.4 Å². The summed E-state index contributed by atoms with van der Waals surface area (Å²) in [4.78, 5) is 0.768. The second-order valence-electron chi connectivity index (χ2n) is 5.73. The van der Waals surface area contributed by atoms with Gasteiger partial charge in [-0.05, 0) is 49.6 Å². The normalized spacial score (nSPS) is 15.0. The molecule has 2 aromatic carbocycles. The zero-order chi connectivity index (χ0) is 16.9. The van der Waals surface area contributed by atoms with Crippen molar-refractivity contribution in [1.82, 2.24) is 4.72 Å². The molecule has 0 saturated carbocycles. The Bertz CT molecular complexity index is 743. The Morgan fingerprint density at radius 3 is 2.71 bits per heavy atom. The largest absolute Gasteiger partial charge is 0.454 e. The molecule has 2 atom stereocenters. The highest BCUT2D eigenvalue weighted by Gasteiger charge is 2.19. The molecule has 1 N–H and O–H groups in total. The van der Waals surface area contributed by atoms with E-state index in [1.807, 2.05) is 55.5 Å². The second-order valence-corrected chi connectivity index (χ2v) is 6.98. The number of hydrogen-bond acceptors (Lipinski definition) is 3. The molecule has 1 heterocycles. The highest BCUT2D eigenvalue weighted by Crippen LogP contribution is 2.35. The molecule has 0 fully saturated rings.